The fraction of sp³-hybridized carbons (Fsp3) is 0.333. The second kappa shape index (κ2) is 8.35. The molecule has 1 N–H and O–H groups in total. The number of rotatable bonds is 5. The van der Waals surface area contributed by atoms with Gasteiger partial charge in [-0.15, -0.1) is 0 Å². The van der Waals surface area contributed by atoms with Gasteiger partial charge in [0.1, 0.15) is 11.7 Å². The Balaban J connectivity index is 0.00000218. The normalized spacial score (nSPS) is 17.4. The van der Waals surface area contributed by atoms with Crippen molar-refractivity contribution < 1.29 is 4.79 Å². The van der Waals surface area contributed by atoms with Crippen molar-refractivity contribution in [2.45, 2.75) is 32.0 Å². The Morgan fingerprint density at radius 2 is 2.00 bits per heavy atom. The Kier molecular flexibility index (Phi) is 5.63. The molecule has 0 saturated carbocycles. The lowest BCUT2D eigenvalue weighted by molar-refractivity contribution is -0.119. The molecule has 9 heteroatoms. The van der Waals surface area contributed by atoms with Crippen LogP contribution in [0, 0.1) is 0 Å². The predicted octanol–water partition coefficient (Wildman–Crippen LogP) is 2.39. The molecule has 0 radical (unpaired) electrons. The van der Waals surface area contributed by atoms with Gasteiger partial charge in [-0.25, -0.2) is 4.98 Å². The molecule has 0 spiro atoms. The van der Waals surface area contributed by atoms with Crippen molar-refractivity contribution in [1.29, 1.82) is 0 Å². The zero-order valence-electron chi connectivity index (χ0n) is 16.8. The van der Waals surface area contributed by atoms with E-state index in [1.54, 1.807) is 18.1 Å². The van der Waals surface area contributed by atoms with Crippen LogP contribution in [0.15, 0.2) is 48.9 Å². The minimum atomic E-state index is -0.0912. The van der Waals surface area contributed by atoms with Crippen LogP contribution < -0.4 is 15.1 Å². The van der Waals surface area contributed by atoms with E-state index in [-0.39, 0.29) is 25.4 Å². The third kappa shape index (κ3) is 3.72. The van der Waals surface area contributed by atoms with Crippen LogP contribution >= 0.6 is 13.5 Å². The summed E-state index contributed by atoms with van der Waals surface area (Å²) in [6.07, 6.45) is 7.52. The van der Waals surface area contributed by atoms with Crippen LogP contribution in [0.5, 0.6) is 0 Å². The van der Waals surface area contributed by atoms with Crippen LogP contribution in [0.4, 0.5) is 17.5 Å². The van der Waals surface area contributed by atoms with Gasteiger partial charge in [0.2, 0.25) is 11.9 Å². The monoisotopic (exact) mass is 423 g/mol. The molecule has 0 unspecified atom stereocenters. The predicted molar refractivity (Wildman–Crippen MR) is 121 cm³/mol. The highest BCUT2D eigenvalue weighted by atomic mass is 32.1. The van der Waals surface area contributed by atoms with Crippen LogP contribution in [-0.2, 0) is 17.9 Å². The molecule has 3 aromatic rings. The summed E-state index contributed by atoms with van der Waals surface area (Å²) in [6.45, 7) is 2.19. The maximum absolute atomic E-state index is 12.5. The maximum atomic E-state index is 12.5. The molecule has 0 aliphatic carbocycles. The topological polar surface area (TPSA) is 79.2 Å². The van der Waals surface area contributed by atoms with Gasteiger partial charge in [-0.1, -0.05) is 30.3 Å². The lowest BCUT2D eigenvalue weighted by Crippen LogP contribution is -2.49. The molecule has 156 valence electrons. The first-order valence-corrected chi connectivity index (χ1v) is 9.89. The van der Waals surface area contributed by atoms with E-state index in [2.05, 4.69) is 32.4 Å². The Hall–Kier alpha value is -3.07. The molecule has 5 rings (SSSR count). The Morgan fingerprint density at radius 1 is 1.17 bits per heavy atom. The minimum absolute atomic E-state index is 0. The van der Waals surface area contributed by atoms with Crippen molar-refractivity contribution in [3.05, 3.63) is 60.0 Å². The summed E-state index contributed by atoms with van der Waals surface area (Å²) in [6, 6.07) is 10.2. The summed E-state index contributed by atoms with van der Waals surface area (Å²) >= 11 is 0. The van der Waals surface area contributed by atoms with E-state index < -0.39 is 0 Å². The van der Waals surface area contributed by atoms with Gasteiger partial charge in [-0.3, -0.25) is 9.48 Å². The molecule has 30 heavy (non-hydrogen) atoms. The molecule has 1 aromatic carbocycles. The van der Waals surface area contributed by atoms with Gasteiger partial charge in [0.25, 0.3) is 0 Å². The minimum Gasteiger partial charge on any atom is -0.350 e. The number of carbonyl (C=O) groups excluding carboxylic acids is 1. The van der Waals surface area contributed by atoms with Crippen LogP contribution in [0.3, 0.4) is 0 Å². The van der Waals surface area contributed by atoms with Gasteiger partial charge < -0.3 is 15.1 Å². The van der Waals surface area contributed by atoms with Gasteiger partial charge in [-0.2, -0.15) is 23.6 Å². The first-order valence-electron chi connectivity index (χ1n) is 9.89. The van der Waals surface area contributed by atoms with Crippen LogP contribution in [0.25, 0.3) is 0 Å². The number of aromatic nitrogens is 4. The summed E-state index contributed by atoms with van der Waals surface area (Å²) in [7, 11) is 1.80. The van der Waals surface area contributed by atoms with Crippen molar-refractivity contribution >= 4 is 36.9 Å². The first-order chi connectivity index (χ1) is 14.2. The number of carbonyl (C=O) groups is 1. The molecule has 1 amide bonds. The zero-order valence-corrected chi connectivity index (χ0v) is 17.8. The average Bonchev–Trinajstić information content (AvgIpc) is 3.41. The lowest BCUT2D eigenvalue weighted by Gasteiger charge is -2.36. The van der Waals surface area contributed by atoms with E-state index in [1.165, 1.54) is 5.56 Å². The van der Waals surface area contributed by atoms with E-state index >= 15 is 0 Å². The number of nitrogens with one attached hydrogen (secondary N) is 1. The zero-order chi connectivity index (χ0) is 19.8. The highest BCUT2D eigenvalue weighted by Gasteiger charge is 2.40. The summed E-state index contributed by atoms with van der Waals surface area (Å²) < 4.78 is 1.93. The SMILES string of the molecule is CN1C(=O)[C@@H]2CCCN2c2nc(NCc3cnn(Cc4ccccc4)c3)ncc21.S. The summed E-state index contributed by atoms with van der Waals surface area (Å²) in [5.41, 5.74) is 3.05. The smallest absolute Gasteiger partial charge is 0.249 e. The highest BCUT2D eigenvalue weighted by Crippen LogP contribution is 2.37. The molecule has 2 aliphatic rings. The van der Waals surface area contributed by atoms with Crippen molar-refractivity contribution in [3.63, 3.8) is 0 Å². The van der Waals surface area contributed by atoms with E-state index in [0.717, 1.165) is 43.0 Å². The quantitative estimate of drug-likeness (QED) is 0.679. The number of hydrogen-bond donors (Lipinski definition) is 1. The van der Waals surface area contributed by atoms with Gasteiger partial charge in [-0.05, 0) is 18.4 Å². The number of hydrogen-bond acceptors (Lipinski definition) is 6. The number of amides is 1. The van der Waals surface area contributed by atoms with E-state index in [1.807, 2.05) is 35.3 Å². The Labute approximate surface area is 182 Å². The van der Waals surface area contributed by atoms with Crippen molar-refractivity contribution in [2.75, 3.05) is 28.7 Å². The number of fused-ring (bicyclic) bond motifs is 3. The van der Waals surface area contributed by atoms with Crippen molar-refractivity contribution in [1.82, 2.24) is 19.7 Å². The van der Waals surface area contributed by atoms with Crippen molar-refractivity contribution in [3.8, 4) is 0 Å². The molecule has 0 bridgehead atoms. The molecule has 4 heterocycles. The van der Waals surface area contributed by atoms with Crippen LogP contribution in [-0.4, -0.2) is 45.3 Å². The molecule has 2 aromatic heterocycles. The third-order valence-corrected chi connectivity index (χ3v) is 5.58. The fourth-order valence-corrected chi connectivity index (χ4v) is 4.05. The molecule has 2 aliphatic heterocycles. The standard InChI is InChI=1S/C21H23N7O.H2S/c1-26-18-12-23-21(25-19(18)28-9-5-8-17(28)20(26)29)22-10-16-11-24-27(14-16)13-15-6-3-2-4-7-15;/h2-4,6-7,11-12,14,17H,5,8-10,13H2,1H3,(H,22,23,25);1H2/t17-;/m0./s1. The Morgan fingerprint density at radius 3 is 2.83 bits per heavy atom. The van der Waals surface area contributed by atoms with Crippen molar-refractivity contribution in [2.24, 2.45) is 0 Å². The largest absolute Gasteiger partial charge is 0.350 e. The van der Waals surface area contributed by atoms with Gasteiger partial charge in [0.05, 0.1) is 18.9 Å². The number of anilines is 3. The number of likely N-dealkylation sites (N-methyl/N-ethyl adjacent to an activating group) is 1. The molecular weight excluding hydrogens is 398 g/mol. The second-order valence-electron chi connectivity index (χ2n) is 7.54. The molecule has 1 saturated heterocycles. The summed E-state index contributed by atoms with van der Waals surface area (Å²) in [4.78, 5) is 25.4. The highest BCUT2D eigenvalue weighted by molar-refractivity contribution is 7.59. The number of nitrogens with zero attached hydrogens (tertiary/aromatic N) is 6. The van der Waals surface area contributed by atoms with E-state index in [0.29, 0.717) is 12.5 Å². The number of benzene rings is 1. The summed E-state index contributed by atoms with van der Waals surface area (Å²) in [5, 5.41) is 7.73. The van der Waals surface area contributed by atoms with Gasteiger partial charge in [0.15, 0.2) is 5.82 Å². The first kappa shape index (κ1) is 20.2. The molecule has 1 fully saturated rings. The van der Waals surface area contributed by atoms with E-state index in [4.69, 9.17) is 4.98 Å². The third-order valence-electron chi connectivity index (χ3n) is 5.58. The molecular formula is C21H25N7OS. The maximum Gasteiger partial charge on any atom is 0.249 e. The lowest BCUT2D eigenvalue weighted by atomic mass is 10.1. The molecule has 1 atom stereocenters. The average molecular weight is 424 g/mol. The molecule has 8 nitrogen and oxygen atoms in total. The fourth-order valence-electron chi connectivity index (χ4n) is 4.05. The van der Waals surface area contributed by atoms with E-state index in [9.17, 15) is 4.79 Å². The van der Waals surface area contributed by atoms with Crippen LogP contribution in [0.2, 0.25) is 0 Å². The van der Waals surface area contributed by atoms with Gasteiger partial charge >= 0.3 is 0 Å². The Bertz CT molecular complexity index is 1040. The second-order valence-corrected chi connectivity index (χ2v) is 7.54. The van der Waals surface area contributed by atoms with Gasteiger partial charge in [0, 0.05) is 31.9 Å². The summed E-state index contributed by atoms with van der Waals surface area (Å²) in [5.74, 6) is 1.53. The van der Waals surface area contributed by atoms with Crippen LogP contribution in [0.1, 0.15) is 24.0 Å².